The molecule has 4 heteroatoms. The van der Waals surface area contributed by atoms with E-state index in [9.17, 15) is 0 Å². The summed E-state index contributed by atoms with van der Waals surface area (Å²) in [6.07, 6.45) is 2.40. The monoisotopic (exact) mass is 200 g/mol. The summed E-state index contributed by atoms with van der Waals surface area (Å²) in [5, 5.41) is 16.0. The molecule has 3 nitrogen and oxygen atoms in total. The van der Waals surface area contributed by atoms with Crippen LogP contribution >= 0.6 is 11.9 Å². The summed E-state index contributed by atoms with van der Waals surface area (Å²) < 4.78 is 4.12. The lowest BCUT2D eigenvalue weighted by atomic mass is 10.2. The van der Waals surface area contributed by atoms with E-state index in [1.165, 1.54) is 18.2 Å². The van der Waals surface area contributed by atoms with Crippen molar-refractivity contribution in [3.63, 3.8) is 0 Å². The minimum atomic E-state index is 0.0625. The Morgan fingerprint density at radius 2 is 2.00 bits per heavy atom. The van der Waals surface area contributed by atoms with Gasteiger partial charge in [-0.25, -0.2) is 4.40 Å². The van der Waals surface area contributed by atoms with Crippen molar-refractivity contribution >= 4 is 23.9 Å². The van der Waals surface area contributed by atoms with Gasteiger partial charge in [0, 0.05) is 22.2 Å². The maximum Gasteiger partial charge on any atom is 0.0897 e. The first-order valence-electron chi connectivity index (χ1n) is 3.98. The van der Waals surface area contributed by atoms with E-state index < -0.39 is 0 Å². The van der Waals surface area contributed by atoms with Crippen LogP contribution in [0.25, 0.3) is 0 Å². The summed E-state index contributed by atoms with van der Waals surface area (Å²) in [5.41, 5.74) is 0.748. The average Bonchev–Trinajstić information content (AvgIpc) is 1.95. The zero-order valence-electron chi connectivity index (χ0n) is 8.46. The third-order valence-electron chi connectivity index (χ3n) is 1.09. The normalized spacial score (nSPS) is 13.7. The number of rotatable bonds is 3. The zero-order chi connectivity index (χ0) is 10.5. The van der Waals surface area contributed by atoms with Crippen LogP contribution in [0.15, 0.2) is 16.2 Å². The standard InChI is InChI=1S/C9H16N2OS/c1-7(10)8(6-12)5-11-13-9(2,3)4/h5-6,10,12H,1-4H3/b8-6-,10-7?,11-5+. The van der Waals surface area contributed by atoms with Crippen LogP contribution in [-0.2, 0) is 0 Å². The van der Waals surface area contributed by atoms with Gasteiger partial charge in [-0.05, 0) is 39.6 Å². The minimum Gasteiger partial charge on any atom is -0.515 e. The molecule has 0 saturated heterocycles. The van der Waals surface area contributed by atoms with Gasteiger partial charge in [0.2, 0.25) is 0 Å². The molecule has 74 valence electrons. The van der Waals surface area contributed by atoms with Crippen molar-refractivity contribution in [3.05, 3.63) is 11.8 Å². The van der Waals surface area contributed by atoms with E-state index >= 15 is 0 Å². The van der Waals surface area contributed by atoms with Gasteiger partial charge in [-0.15, -0.1) is 0 Å². The number of aliphatic hydroxyl groups is 1. The fourth-order valence-electron chi connectivity index (χ4n) is 0.468. The van der Waals surface area contributed by atoms with Gasteiger partial charge in [-0.1, -0.05) is 0 Å². The third-order valence-corrected chi connectivity index (χ3v) is 1.85. The minimum absolute atomic E-state index is 0.0625. The molecule has 0 bridgehead atoms. The topological polar surface area (TPSA) is 56.4 Å². The Balaban J connectivity index is 4.20. The molecular formula is C9H16N2OS. The Bertz CT molecular complexity index is 238. The van der Waals surface area contributed by atoms with Crippen molar-refractivity contribution in [2.45, 2.75) is 32.4 Å². The second-order valence-electron chi connectivity index (χ2n) is 3.65. The van der Waals surface area contributed by atoms with E-state index in [1.807, 2.05) is 0 Å². The molecule has 0 spiro atoms. The molecule has 13 heavy (non-hydrogen) atoms. The van der Waals surface area contributed by atoms with E-state index in [0.717, 1.165) is 6.26 Å². The van der Waals surface area contributed by atoms with Crippen LogP contribution in [0, 0.1) is 5.41 Å². The lowest BCUT2D eigenvalue weighted by Gasteiger charge is -2.12. The first-order valence-corrected chi connectivity index (χ1v) is 4.75. The summed E-state index contributed by atoms with van der Waals surface area (Å²) in [5.74, 6) is 0. The summed E-state index contributed by atoms with van der Waals surface area (Å²) in [6.45, 7) is 7.76. The van der Waals surface area contributed by atoms with Gasteiger partial charge in [0.05, 0.1) is 6.26 Å². The summed E-state index contributed by atoms with van der Waals surface area (Å²) in [6, 6.07) is 0. The Morgan fingerprint density at radius 1 is 1.46 bits per heavy atom. The van der Waals surface area contributed by atoms with E-state index in [0.29, 0.717) is 11.3 Å². The van der Waals surface area contributed by atoms with Gasteiger partial charge in [0.15, 0.2) is 0 Å². The van der Waals surface area contributed by atoms with E-state index in [-0.39, 0.29) is 4.75 Å². The van der Waals surface area contributed by atoms with Crippen molar-refractivity contribution in [1.82, 2.24) is 0 Å². The maximum absolute atomic E-state index is 8.72. The molecule has 0 amide bonds. The van der Waals surface area contributed by atoms with Crippen molar-refractivity contribution in [2.75, 3.05) is 0 Å². The SMILES string of the molecule is CC(=N)C(=C\O)/C=N/SC(C)(C)C. The molecule has 0 aromatic carbocycles. The van der Waals surface area contributed by atoms with Crippen LogP contribution in [0.1, 0.15) is 27.7 Å². The highest BCUT2D eigenvalue weighted by atomic mass is 32.2. The molecule has 0 aromatic heterocycles. The van der Waals surface area contributed by atoms with Crippen molar-refractivity contribution in [3.8, 4) is 0 Å². The van der Waals surface area contributed by atoms with Crippen LogP contribution in [0.4, 0.5) is 0 Å². The van der Waals surface area contributed by atoms with Gasteiger partial charge < -0.3 is 10.5 Å². The van der Waals surface area contributed by atoms with Crippen LogP contribution in [0.2, 0.25) is 0 Å². The molecule has 0 rings (SSSR count). The number of nitrogens with zero attached hydrogens (tertiary/aromatic N) is 1. The van der Waals surface area contributed by atoms with Crippen molar-refractivity contribution in [1.29, 1.82) is 5.41 Å². The van der Waals surface area contributed by atoms with Crippen LogP contribution in [0.5, 0.6) is 0 Å². The number of allylic oxidation sites excluding steroid dienone is 1. The van der Waals surface area contributed by atoms with E-state index in [1.54, 1.807) is 6.92 Å². The molecule has 0 atom stereocenters. The molecule has 0 fully saturated rings. The number of hydrogen-bond acceptors (Lipinski definition) is 4. The van der Waals surface area contributed by atoms with E-state index in [2.05, 4.69) is 25.2 Å². The zero-order valence-corrected chi connectivity index (χ0v) is 9.27. The summed E-state index contributed by atoms with van der Waals surface area (Å²) in [7, 11) is 0. The quantitative estimate of drug-likeness (QED) is 0.418. The van der Waals surface area contributed by atoms with Crippen LogP contribution in [0.3, 0.4) is 0 Å². The van der Waals surface area contributed by atoms with Crippen molar-refractivity contribution < 1.29 is 5.11 Å². The van der Waals surface area contributed by atoms with Crippen molar-refractivity contribution in [2.24, 2.45) is 4.40 Å². The maximum atomic E-state index is 8.72. The van der Waals surface area contributed by atoms with E-state index in [4.69, 9.17) is 10.5 Å². The predicted molar refractivity (Wildman–Crippen MR) is 59.9 cm³/mol. The molecule has 0 heterocycles. The molecule has 0 saturated carbocycles. The number of hydrogen-bond donors (Lipinski definition) is 2. The van der Waals surface area contributed by atoms with Gasteiger partial charge in [0.1, 0.15) is 0 Å². The second kappa shape index (κ2) is 5.07. The first kappa shape index (κ1) is 12.2. The van der Waals surface area contributed by atoms with Crippen LogP contribution in [-0.4, -0.2) is 21.8 Å². The molecule has 0 aliphatic carbocycles. The Hall–Kier alpha value is -0.770. The predicted octanol–water partition coefficient (Wildman–Crippen LogP) is 2.99. The van der Waals surface area contributed by atoms with Gasteiger partial charge in [-0.3, -0.25) is 0 Å². The lowest BCUT2D eigenvalue weighted by Crippen LogP contribution is -2.05. The highest BCUT2D eigenvalue weighted by Gasteiger charge is 2.09. The molecule has 0 aliphatic heterocycles. The first-order chi connectivity index (χ1) is 5.87. The van der Waals surface area contributed by atoms with Crippen LogP contribution < -0.4 is 0 Å². The highest BCUT2D eigenvalue weighted by molar-refractivity contribution is 7.99. The molecular weight excluding hydrogens is 184 g/mol. The molecule has 0 aliphatic rings. The Morgan fingerprint density at radius 3 is 2.31 bits per heavy atom. The van der Waals surface area contributed by atoms with Gasteiger partial charge in [0.25, 0.3) is 0 Å². The third kappa shape index (κ3) is 6.40. The smallest absolute Gasteiger partial charge is 0.0897 e. The highest BCUT2D eigenvalue weighted by Crippen LogP contribution is 2.23. The largest absolute Gasteiger partial charge is 0.515 e. The lowest BCUT2D eigenvalue weighted by molar-refractivity contribution is 0.472. The summed E-state index contributed by atoms with van der Waals surface area (Å²) >= 11 is 1.42. The fraction of sp³-hybridized carbons (Fsp3) is 0.556. The summed E-state index contributed by atoms with van der Waals surface area (Å²) in [4.78, 5) is 0. The van der Waals surface area contributed by atoms with Gasteiger partial charge in [-0.2, -0.15) is 0 Å². The fourth-order valence-corrected chi connectivity index (χ4v) is 0.951. The second-order valence-corrected chi connectivity index (χ2v) is 5.27. The van der Waals surface area contributed by atoms with Gasteiger partial charge >= 0.3 is 0 Å². The Kier molecular flexibility index (Phi) is 4.77. The number of aliphatic hydroxyl groups excluding tert-OH is 1. The molecule has 0 unspecified atom stereocenters. The molecule has 2 N–H and O–H groups in total. The molecule has 0 radical (unpaired) electrons. The molecule has 0 aromatic rings. The number of nitrogens with one attached hydrogen (secondary N) is 1. The Labute approximate surface area is 83.6 Å². The average molecular weight is 200 g/mol.